The topological polar surface area (TPSA) is 12.0 Å². The number of hydrogen-bond donors (Lipinski definition) is 1. The Labute approximate surface area is 123 Å². The smallest absolute Gasteiger partial charge is 0.137 e. The SMILES string of the molecule is CNC(Cc1ccc(Cl)s1)c1cccc(F)c1Br. The quantitative estimate of drug-likeness (QED) is 0.836. The zero-order chi connectivity index (χ0) is 13.1. The van der Waals surface area contributed by atoms with Crippen molar-refractivity contribution in [2.75, 3.05) is 7.05 Å². The Morgan fingerprint density at radius 2 is 2.17 bits per heavy atom. The van der Waals surface area contributed by atoms with Crippen LogP contribution in [0.25, 0.3) is 0 Å². The van der Waals surface area contributed by atoms with Gasteiger partial charge in [0.25, 0.3) is 0 Å². The molecule has 1 aromatic carbocycles. The summed E-state index contributed by atoms with van der Waals surface area (Å²) in [5.74, 6) is -0.239. The second kappa shape index (κ2) is 6.15. The third-order valence-electron chi connectivity index (χ3n) is 2.74. The van der Waals surface area contributed by atoms with Crippen molar-refractivity contribution in [2.45, 2.75) is 12.5 Å². The van der Waals surface area contributed by atoms with Crippen molar-refractivity contribution in [3.63, 3.8) is 0 Å². The van der Waals surface area contributed by atoms with Crippen molar-refractivity contribution in [2.24, 2.45) is 0 Å². The highest BCUT2D eigenvalue weighted by atomic mass is 79.9. The Bertz CT molecular complexity index is 544. The number of benzene rings is 1. The molecule has 0 spiro atoms. The number of rotatable bonds is 4. The lowest BCUT2D eigenvalue weighted by atomic mass is 10.0. The van der Waals surface area contributed by atoms with Gasteiger partial charge in [-0.1, -0.05) is 23.7 Å². The van der Waals surface area contributed by atoms with Crippen molar-refractivity contribution in [3.8, 4) is 0 Å². The Morgan fingerprint density at radius 1 is 1.39 bits per heavy atom. The molecule has 1 heterocycles. The van der Waals surface area contributed by atoms with Gasteiger partial charge >= 0.3 is 0 Å². The molecule has 1 N–H and O–H groups in total. The summed E-state index contributed by atoms with van der Waals surface area (Å²) in [5.41, 5.74) is 0.919. The second-order valence-electron chi connectivity index (χ2n) is 3.89. The Balaban J connectivity index is 2.25. The molecule has 1 atom stereocenters. The molecular weight excluding hydrogens is 337 g/mol. The van der Waals surface area contributed by atoms with Crippen molar-refractivity contribution in [3.05, 3.63) is 55.4 Å². The maximum absolute atomic E-state index is 13.5. The summed E-state index contributed by atoms with van der Waals surface area (Å²) in [4.78, 5) is 1.18. The molecule has 0 bridgehead atoms. The molecule has 0 radical (unpaired) electrons. The number of likely N-dealkylation sites (N-methyl/N-ethyl adjacent to an activating group) is 1. The van der Waals surface area contributed by atoms with Gasteiger partial charge in [0.2, 0.25) is 0 Å². The maximum Gasteiger partial charge on any atom is 0.137 e. The predicted molar refractivity (Wildman–Crippen MR) is 78.9 cm³/mol. The van der Waals surface area contributed by atoms with Crippen molar-refractivity contribution < 1.29 is 4.39 Å². The Kier molecular flexibility index (Phi) is 4.78. The van der Waals surface area contributed by atoms with Crippen LogP contribution < -0.4 is 5.32 Å². The molecule has 0 aliphatic rings. The fourth-order valence-electron chi connectivity index (χ4n) is 1.82. The van der Waals surface area contributed by atoms with E-state index >= 15 is 0 Å². The van der Waals surface area contributed by atoms with Gasteiger partial charge in [-0.25, -0.2) is 4.39 Å². The van der Waals surface area contributed by atoms with Gasteiger partial charge in [-0.05, 0) is 46.7 Å². The molecule has 18 heavy (non-hydrogen) atoms. The number of halogens is 3. The highest BCUT2D eigenvalue weighted by Gasteiger charge is 2.16. The van der Waals surface area contributed by atoms with Gasteiger partial charge in [-0.15, -0.1) is 11.3 Å². The second-order valence-corrected chi connectivity index (χ2v) is 6.49. The fourth-order valence-corrected chi connectivity index (χ4v) is 3.49. The van der Waals surface area contributed by atoms with Gasteiger partial charge in [-0.2, -0.15) is 0 Å². The van der Waals surface area contributed by atoms with Crippen molar-refractivity contribution >= 4 is 38.9 Å². The first-order chi connectivity index (χ1) is 8.61. The fraction of sp³-hybridized carbons (Fsp3) is 0.231. The van der Waals surface area contributed by atoms with Gasteiger partial charge in [0.15, 0.2) is 0 Å². The third-order valence-corrected chi connectivity index (χ3v) is 4.83. The Morgan fingerprint density at radius 3 is 2.78 bits per heavy atom. The molecule has 2 aromatic rings. The van der Waals surface area contributed by atoms with Gasteiger partial charge < -0.3 is 5.32 Å². The van der Waals surface area contributed by atoms with E-state index in [-0.39, 0.29) is 11.9 Å². The van der Waals surface area contributed by atoms with Crippen LogP contribution in [0.1, 0.15) is 16.5 Å². The molecule has 96 valence electrons. The number of hydrogen-bond acceptors (Lipinski definition) is 2. The highest BCUT2D eigenvalue weighted by molar-refractivity contribution is 9.10. The molecule has 0 fully saturated rings. The standard InChI is InChI=1S/C13H12BrClFNS/c1-17-11(7-8-5-6-12(15)18-8)9-3-2-4-10(16)13(9)14/h2-6,11,17H,7H2,1H3. The number of thiophene rings is 1. The minimum absolute atomic E-state index is 0.0600. The summed E-state index contributed by atoms with van der Waals surface area (Å²) in [7, 11) is 1.87. The van der Waals surface area contributed by atoms with Crippen LogP contribution in [0.2, 0.25) is 4.34 Å². The molecule has 0 aliphatic heterocycles. The van der Waals surface area contributed by atoms with E-state index < -0.39 is 0 Å². The van der Waals surface area contributed by atoms with E-state index in [1.807, 2.05) is 25.2 Å². The van der Waals surface area contributed by atoms with E-state index in [0.29, 0.717) is 4.47 Å². The van der Waals surface area contributed by atoms with Gasteiger partial charge in [-0.3, -0.25) is 0 Å². The first-order valence-electron chi connectivity index (χ1n) is 5.47. The molecule has 0 saturated carbocycles. The third kappa shape index (κ3) is 3.12. The van der Waals surface area contributed by atoms with E-state index in [0.717, 1.165) is 16.3 Å². The molecule has 5 heteroatoms. The van der Waals surface area contributed by atoms with Crippen LogP contribution >= 0.6 is 38.9 Å². The van der Waals surface area contributed by atoms with E-state index in [9.17, 15) is 4.39 Å². The predicted octanol–water partition coefficient (Wildman–Crippen LogP) is 4.81. The summed E-state index contributed by atoms with van der Waals surface area (Å²) in [5, 5.41) is 3.21. The summed E-state index contributed by atoms with van der Waals surface area (Å²) >= 11 is 10.8. The number of nitrogens with one attached hydrogen (secondary N) is 1. The van der Waals surface area contributed by atoms with E-state index in [4.69, 9.17) is 11.6 Å². The van der Waals surface area contributed by atoms with E-state index in [1.54, 1.807) is 17.4 Å². The molecule has 1 unspecified atom stereocenters. The zero-order valence-corrected chi connectivity index (χ0v) is 12.9. The summed E-state index contributed by atoms with van der Waals surface area (Å²) < 4.78 is 14.8. The molecule has 1 nitrogen and oxygen atoms in total. The minimum Gasteiger partial charge on any atom is -0.313 e. The van der Waals surface area contributed by atoms with Gasteiger partial charge in [0.05, 0.1) is 8.81 Å². The molecule has 0 aliphatic carbocycles. The zero-order valence-electron chi connectivity index (χ0n) is 9.71. The van der Waals surface area contributed by atoms with Crippen LogP contribution in [0.3, 0.4) is 0 Å². The van der Waals surface area contributed by atoms with E-state index in [1.165, 1.54) is 10.9 Å². The van der Waals surface area contributed by atoms with Crippen LogP contribution in [-0.4, -0.2) is 7.05 Å². The monoisotopic (exact) mass is 347 g/mol. The molecule has 0 amide bonds. The van der Waals surface area contributed by atoms with Crippen LogP contribution in [0.15, 0.2) is 34.8 Å². The first-order valence-corrected chi connectivity index (χ1v) is 7.46. The minimum atomic E-state index is -0.239. The average Bonchev–Trinajstić information content (AvgIpc) is 2.76. The van der Waals surface area contributed by atoms with Crippen LogP contribution in [-0.2, 0) is 6.42 Å². The molecular formula is C13H12BrClFNS. The lowest BCUT2D eigenvalue weighted by Gasteiger charge is -2.17. The lowest BCUT2D eigenvalue weighted by molar-refractivity contribution is 0.574. The molecule has 0 saturated heterocycles. The first kappa shape index (κ1) is 14.0. The van der Waals surface area contributed by atoms with Crippen LogP contribution in [0.4, 0.5) is 4.39 Å². The lowest BCUT2D eigenvalue weighted by Crippen LogP contribution is -2.19. The maximum atomic E-state index is 13.5. The summed E-state index contributed by atoms with van der Waals surface area (Å²) in [6, 6.07) is 9.04. The largest absolute Gasteiger partial charge is 0.313 e. The van der Waals surface area contributed by atoms with Crippen molar-refractivity contribution in [1.29, 1.82) is 0 Å². The van der Waals surface area contributed by atoms with Crippen LogP contribution in [0, 0.1) is 5.82 Å². The van der Waals surface area contributed by atoms with E-state index in [2.05, 4.69) is 21.2 Å². The van der Waals surface area contributed by atoms with Crippen molar-refractivity contribution in [1.82, 2.24) is 5.32 Å². The van der Waals surface area contributed by atoms with Gasteiger partial charge in [0.1, 0.15) is 5.82 Å². The summed E-state index contributed by atoms with van der Waals surface area (Å²) in [6.45, 7) is 0. The Hall–Kier alpha value is -0.420. The molecule has 2 rings (SSSR count). The molecule has 1 aromatic heterocycles. The average molecular weight is 349 g/mol. The van der Waals surface area contributed by atoms with Gasteiger partial charge in [0, 0.05) is 17.3 Å². The highest BCUT2D eigenvalue weighted by Crippen LogP contribution is 2.31. The van der Waals surface area contributed by atoms with Crippen LogP contribution in [0.5, 0.6) is 0 Å². The summed E-state index contributed by atoms with van der Waals surface area (Å²) in [6.07, 6.45) is 0.788. The normalized spacial score (nSPS) is 12.7.